The second kappa shape index (κ2) is 4.55. The van der Waals surface area contributed by atoms with Gasteiger partial charge in [-0.05, 0) is 35.4 Å². The topological polar surface area (TPSA) is 37.3 Å². The van der Waals surface area contributed by atoms with Gasteiger partial charge in [-0.2, -0.15) is 0 Å². The number of hydrogen-bond donors (Lipinski definition) is 1. The minimum Gasteiger partial charge on any atom is -0.478 e. The Morgan fingerprint density at radius 3 is 2.18 bits per heavy atom. The van der Waals surface area contributed by atoms with Crippen LogP contribution in [0.3, 0.4) is 0 Å². The molecule has 0 aliphatic carbocycles. The van der Waals surface area contributed by atoms with E-state index in [1.165, 1.54) is 24.3 Å². The minimum absolute atomic E-state index is 0.0657. The largest absolute Gasteiger partial charge is 0.478 e. The Kier molecular flexibility index (Phi) is 3.11. The molecule has 4 heteroatoms. The van der Waals surface area contributed by atoms with Gasteiger partial charge in [-0.1, -0.05) is 29.8 Å². The number of carboxylic acid groups (broad SMARTS) is 1. The zero-order valence-corrected chi connectivity index (χ0v) is 9.41. The maximum Gasteiger partial charge on any atom is 0.335 e. The molecule has 0 aliphatic rings. The van der Waals surface area contributed by atoms with Crippen LogP contribution in [0.2, 0.25) is 5.02 Å². The van der Waals surface area contributed by atoms with Crippen LogP contribution in [-0.4, -0.2) is 11.1 Å². The maximum atomic E-state index is 13.2. The van der Waals surface area contributed by atoms with Gasteiger partial charge in [-0.3, -0.25) is 0 Å². The van der Waals surface area contributed by atoms with Crippen molar-refractivity contribution >= 4 is 17.6 Å². The molecule has 0 fully saturated rings. The van der Waals surface area contributed by atoms with Crippen LogP contribution in [-0.2, 0) is 0 Å². The van der Waals surface area contributed by atoms with E-state index in [0.29, 0.717) is 5.56 Å². The first-order valence-electron chi connectivity index (χ1n) is 4.87. The summed E-state index contributed by atoms with van der Waals surface area (Å²) in [6.07, 6.45) is 0. The van der Waals surface area contributed by atoms with Crippen LogP contribution >= 0.6 is 11.6 Å². The number of benzene rings is 2. The highest BCUT2D eigenvalue weighted by molar-refractivity contribution is 6.30. The standard InChI is InChI=1S/C13H8ClFO2/c14-11-6-5-10(7-12(11)15)8-1-3-9(4-2-8)13(16)17/h1-7H,(H,16,17). The molecular formula is C13H8ClFO2. The first kappa shape index (κ1) is 11.6. The van der Waals surface area contributed by atoms with Crippen molar-refractivity contribution in [3.8, 4) is 11.1 Å². The van der Waals surface area contributed by atoms with E-state index >= 15 is 0 Å². The Bertz CT molecular complexity index is 564. The predicted octanol–water partition coefficient (Wildman–Crippen LogP) is 3.84. The third-order valence-corrected chi connectivity index (χ3v) is 2.69. The average molecular weight is 251 g/mol. The Labute approximate surface area is 102 Å². The number of halogens is 2. The molecule has 2 aromatic rings. The molecule has 1 N–H and O–H groups in total. The molecule has 2 aromatic carbocycles. The lowest BCUT2D eigenvalue weighted by Gasteiger charge is -2.03. The Hall–Kier alpha value is -1.87. The lowest BCUT2D eigenvalue weighted by atomic mass is 10.0. The van der Waals surface area contributed by atoms with Gasteiger partial charge in [-0.15, -0.1) is 0 Å². The highest BCUT2D eigenvalue weighted by Crippen LogP contribution is 2.24. The average Bonchev–Trinajstić information content (AvgIpc) is 2.33. The first-order valence-corrected chi connectivity index (χ1v) is 5.24. The van der Waals surface area contributed by atoms with Crippen LogP contribution in [0.4, 0.5) is 4.39 Å². The summed E-state index contributed by atoms with van der Waals surface area (Å²) < 4.78 is 13.2. The minimum atomic E-state index is -0.987. The molecule has 0 unspecified atom stereocenters. The maximum absolute atomic E-state index is 13.2. The first-order chi connectivity index (χ1) is 8.08. The fourth-order valence-corrected chi connectivity index (χ4v) is 1.60. The molecule has 0 radical (unpaired) electrons. The van der Waals surface area contributed by atoms with Crippen LogP contribution in [0.25, 0.3) is 11.1 Å². The fraction of sp³-hybridized carbons (Fsp3) is 0. The van der Waals surface area contributed by atoms with Crippen molar-refractivity contribution in [2.75, 3.05) is 0 Å². The molecule has 0 aromatic heterocycles. The predicted molar refractivity (Wildman–Crippen MR) is 63.8 cm³/mol. The molecule has 86 valence electrons. The Balaban J connectivity index is 2.39. The molecule has 0 aliphatic heterocycles. The summed E-state index contributed by atoms with van der Waals surface area (Å²) in [4.78, 5) is 10.7. The van der Waals surface area contributed by atoms with E-state index in [1.54, 1.807) is 18.2 Å². The second-order valence-electron chi connectivity index (χ2n) is 3.51. The molecule has 0 atom stereocenters. The van der Waals surface area contributed by atoms with Crippen molar-refractivity contribution in [1.82, 2.24) is 0 Å². The zero-order chi connectivity index (χ0) is 12.4. The smallest absolute Gasteiger partial charge is 0.335 e. The number of carbonyl (C=O) groups is 1. The monoisotopic (exact) mass is 250 g/mol. The third-order valence-electron chi connectivity index (χ3n) is 2.38. The molecule has 0 amide bonds. The summed E-state index contributed by atoms with van der Waals surface area (Å²) in [7, 11) is 0. The summed E-state index contributed by atoms with van der Waals surface area (Å²) in [6, 6.07) is 10.7. The van der Waals surface area contributed by atoms with E-state index < -0.39 is 11.8 Å². The van der Waals surface area contributed by atoms with Gasteiger partial charge in [0.15, 0.2) is 0 Å². The number of aromatic carboxylic acids is 1. The number of hydrogen-bond acceptors (Lipinski definition) is 1. The van der Waals surface area contributed by atoms with Gasteiger partial charge in [0.25, 0.3) is 0 Å². The van der Waals surface area contributed by atoms with Crippen molar-refractivity contribution in [3.05, 3.63) is 58.9 Å². The van der Waals surface area contributed by atoms with Gasteiger partial charge < -0.3 is 5.11 Å². The van der Waals surface area contributed by atoms with Crippen molar-refractivity contribution < 1.29 is 14.3 Å². The molecule has 2 rings (SSSR count). The Morgan fingerprint density at radius 1 is 1.06 bits per heavy atom. The van der Waals surface area contributed by atoms with E-state index in [4.69, 9.17) is 16.7 Å². The number of rotatable bonds is 2. The summed E-state index contributed by atoms with van der Waals surface area (Å²) in [5, 5.41) is 8.81. The van der Waals surface area contributed by atoms with Crippen LogP contribution in [0.5, 0.6) is 0 Å². The molecule has 2 nitrogen and oxygen atoms in total. The van der Waals surface area contributed by atoms with Gasteiger partial charge in [0, 0.05) is 0 Å². The van der Waals surface area contributed by atoms with E-state index in [1.807, 2.05) is 0 Å². The second-order valence-corrected chi connectivity index (χ2v) is 3.92. The molecule has 0 heterocycles. The van der Waals surface area contributed by atoms with E-state index in [2.05, 4.69) is 0 Å². The number of carboxylic acids is 1. The summed E-state index contributed by atoms with van der Waals surface area (Å²) in [5.41, 5.74) is 1.59. The van der Waals surface area contributed by atoms with Crippen LogP contribution < -0.4 is 0 Å². The molecule has 0 bridgehead atoms. The van der Waals surface area contributed by atoms with E-state index in [-0.39, 0.29) is 10.6 Å². The molecular weight excluding hydrogens is 243 g/mol. The summed E-state index contributed by atoms with van der Waals surface area (Å²) in [6.45, 7) is 0. The SMILES string of the molecule is O=C(O)c1ccc(-c2ccc(Cl)c(F)c2)cc1. The van der Waals surface area contributed by atoms with Gasteiger partial charge >= 0.3 is 5.97 Å². The van der Waals surface area contributed by atoms with E-state index in [9.17, 15) is 9.18 Å². The van der Waals surface area contributed by atoms with Crippen molar-refractivity contribution in [1.29, 1.82) is 0 Å². The van der Waals surface area contributed by atoms with Crippen LogP contribution in [0.15, 0.2) is 42.5 Å². The Morgan fingerprint density at radius 2 is 1.65 bits per heavy atom. The third kappa shape index (κ3) is 2.45. The molecule has 0 saturated carbocycles. The zero-order valence-electron chi connectivity index (χ0n) is 8.65. The van der Waals surface area contributed by atoms with Crippen LogP contribution in [0.1, 0.15) is 10.4 Å². The van der Waals surface area contributed by atoms with Crippen molar-refractivity contribution in [2.45, 2.75) is 0 Å². The highest BCUT2D eigenvalue weighted by Gasteiger charge is 2.05. The highest BCUT2D eigenvalue weighted by atomic mass is 35.5. The van der Waals surface area contributed by atoms with Gasteiger partial charge in [0.1, 0.15) is 5.82 Å². The lowest BCUT2D eigenvalue weighted by Crippen LogP contribution is -1.95. The lowest BCUT2D eigenvalue weighted by molar-refractivity contribution is 0.0697. The van der Waals surface area contributed by atoms with Crippen molar-refractivity contribution in [2.24, 2.45) is 0 Å². The molecule has 0 saturated heterocycles. The van der Waals surface area contributed by atoms with Gasteiger partial charge in [-0.25, -0.2) is 9.18 Å². The quantitative estimate of drug-likeness (QED) is 0.879. The normalized spacial score (nSPS) is 10.2. The van der Waals surface area contributed by atoms with Gasteiger partial charge in [0.2, 0.25) is 0 Å². The van der Waals surface area contributed by atoms with Gasteiger partial charge in [0.05, 0.1) is 10.6 Å². The molecule has 0 spiro atoms. The van der Waals surface area contributed by atoms with E-state index in [0.717, 1.165) is 5.56 Å². The van der Waals surface area contributed by atoms with Crippen LogP contribution in [0, 0.1) is 5.82 Å². The van der Waals surface area contributed by atoms with Crippen molar-refractivity contribution in [3.63, 3.8) is 0 Å². The molecule has 17 heavy (non-hydrogen) atoms. The summed E-state index contributed by atoms with van der Waals surface area (Å²) >= 11 is 5.58. The summed E-state index contributed by atoms with van der Waals surface area (Å²) in [5.74, 6) is -1.48. The fourth-order valence-electron chi connectivity index (χ4n) is 1.48.